The van der Waals surface area contributed by atoms with Gasteiger partial charge in [0.15, 0.2) is 5.96 Å². The lowest BCUT2D eigenvalue weighted by Gasteiger charge is -2.39. The molecule has 2 aliphatic heterocycles. The fourth-order valence-corrected chi connectivity index (χ4v) is 3.94. The summed E-state index contributed by atoms with van der Waals surface area (Å²) in [6.07, 6.45) is 4.79. The number of amides is 1. The lowest BCUT2D eigenvalue weighted by atomic mass is 10.2. The van der Waals surface area contributed by atoms with E-state index in [2.05, 4.69) is 15.1 Å². The predicted molar refractivity (Wildman–Crippen MR) is 128 cm³/mol. The Bertz CT molecular complexity index is 641. The van der Waals surface area contributed by atoms with Crippen LogP contribution in [-0.4, -0.2) is 98.7 Å². The molecule has 9 heteroatoms. The fraction of sp³-hybridized carbons (Fsp3) is 0.714. The molecule has 3 rings (SSSR count). The normalized spacial score (nSPS) is 18.9. The zero-order valence-electron chi connectivity index (χ0n) is 18.2. The maximum absolute atomic E-state index is 12.7. The fourth-order valence-electron chi connectivity index (χ4n) is 3.94. The lowest BCUT2D eigenvalue weighted by molar-refractivity contribution is -0.135. The van der Waals surface area contributed by atoms with Crippen molar-refractivity contribution in [3.8, 4) is 0 Å². The maximum Gasteiger partial charge on any atom is 0.239 e. The summed E-state index contributed by atoms with van der Waals surface area (Å²) in [5.74, 6) is 2.15. The first kappa shape index (κ1) is 24.9. The van der Waals surface area contributed by atoms with Crippen molar-refractivity contribution < 1.29 is 13.9 Å². The van der Waals surface area contributed by atoms with Gasteiger partial charge in [0, 0.05) is 59.3 Å². The summed E-state index contributed by atoms with van der Waals surface area (Å²) < 4.78 is 10.6. The highest BCUT2D eigenvalue weighted by Gasteiger charge is 2.30. The molecule has 0 saturated carbocycles. The Hall–Kier alpha value is -1.33. The van der Waals surface area contributed by atoms with Gasteiger partial charge in [-0.15, -0.1) is 24.0 Å². The molecule has 170 valence electrons. The van der Waals surface area contributed by atoms with Crippen LogP contribution in [0.5, 0.6) is 0 Å². The first-order valence-corrected chi connectivity index (χ1v) is 10.8. The Labute approximate surface area is 197 Å². The van der Waals surface area contributed by atoms with Gasteiger partial charge in [0.25, 0.3) is 0 Å². The van der Waals surface area contributed by atoms with Gasteiger partial charge in [-0.05, 0) is 31.9 Å². The third kappa shape index (κ3) is 7.12. The number of hydrogen-bond donors (Lipinski definition) is 1. The van der Waals surface area contributed by atoms with Crippen LogP contribution in [0.4, 0.5) is 0 Å². The number of nitrogens with zero attached hydrogens (tertiary/aromatic N) is 4. The quantitative estimate of drug-likeness (QED) is 0.237. The minimum absolute atomic E-state index is 0. The van der Waals surface area contributed by atoms with Crippen LogP contribution in [0.2, 0.25) is 0 Å². The zero-order chi connectivity index (χ0) is 20.5. The molecule has 3 heterocycles. The van der Waals surface area contributed by atoms with Gasteiger partial charge in [0.1, 0.15) is 5.76 Å². The molecule has 0 aromatic carbocycles. The Morgan fingerprint density at radius 2 is 1.93 bits per heavy atom. The lowest BCUT2D eigenvalue weighted by Crippen LogP contribution is -2.57. The number of methoxy groups -OCH3 is 1. The summed E-state index contributed by atoms with van der Waals surface area (Å²) >= 11 is 0. The van der Waals surface area contributed by atoms with E-state index in [1.807, 2.05) is 24.0 Å². The number of carbonyl (C=O) groups is 1. The average molecular weight is 533 g/mol. The number of hydrogen-bond acceptors (Lipinski definition) is 5. The third-order valence-corrected chi connectivity index (χ3v) is 5.73. The Morgan fingerprint density at radius 1 is 1.20 bits per heavy atom. The van der Waals surface area contributed by atoms with Gasteiger partial charge in [-0.1, -0.05) is 0 Å². The van der Waals surface area contributed by atoms with Gasteiger partial charge in [0.05, 0.1) is 25.5 Å². The molecule has 1 aromatic rings. The second-order valence-electron chi connectivity index (χ2n) is 7.69. The number of likely N-dealkylation sites (tertiary alicyclic amines) is 1. The van der Waals surface area contributed by atoms with E-state index in [4.69, 9.17) is 14.1 Å². The van der Waals surface area contributed by atoms with Crippen LogP contribution >= 0.6 is 24.0 Å². The SMILES string of the molecule is COCCN=C(NCCc1ccco1)N1CCN(C(C)C(=O)N2CCCC2)CC1.I. The van der Waals surface area contributed by atoms with Crippen LogP contribution in [0.15, 0.2) is 27.8 Å². The number of carbonyl (C=O) groups excluding carboxylic acids is 1. The monoisotopic (exact) mass is 533 g/mol. The van der Waals surface area contributed by atoms with Crippen LogP contribution < -0.4 is 5.32 Å². The highest BCUT2D eigenvalue weighted by molar-refractivity contribution is 14.0. The van der Waals surface area contributed by atoms with E-state index in [1.165, 1.54) is 0 Å². The standard InChI is InChI=1S/C21H35N5O3.HI/c1-18(20(27)25-10-3-4-11-25)24-12-14-26(15-13-24)21(23-9-17-28-2)22-8-7-19-6-5-16-29-19;/h5-6,16,18H,3-4,7-15,17H2,1-2H3,(H,22,23);1H. The Kier molecular flexibility index (Phi) is 10.9. The summed E-state index contributed by atoms with van der Waals surface area (Å²) in [6, 6.07) is 3.85. The molecule has 1 amide bonds. The van der Waals surface area contributed by atoms with Gasteiger partial charge < -0.3 is 24.3 Å². The largest absolute Gasteiger partial charge is 0.469 e. The van der Waals surface area contributed by atoms with Crippen molar-refractivity contribution in [3.05, 3.63) is 24.2 Å². The molecule has 2 fully saturated rings. The number of aliphatic imine (C=N–C) groups is 1. The molecule has 0 spiro atoms. The third-order valence-electron chi connectivity index (χ3n) is 5.73. The summed E-state index contributed by atoms with van der Waals surface area (Å²) in [5, 5.41) is 3.46. The second-order valence-corrected chi connectivity index (χ2v) is 7.69. The molecule has 30 heavy (non-hydrogen) atoms. The van der Waals surface area contributed by atoms with Gasteiger partial charge in [-0.3, -0.25) is 14.7 Å². The Morgan fingerprint density at radius 3 is 2.57 bits per heavy atom. The first-order valence-electron chi connectivity index (χ1n) is 10.8. The van der Waals surface area contributed by atoms with Crippen molar-refractivity contribution >= 4 is 35.8 Å². The summed E-state index contributed by atoms with van der Waals surface area (Å²) in [5.41, 5.74) is 0. The van der Waals surface area contributed by atoms with Crippen molar-refractivity contribution in [3.63, 3.8) is 0 Å². The predicted octanol–water partition coefficient (Wildman–Crippen LogP) is 1.66. The van der Waals surface area contributed by atoms with Crippen LogP contribution in [-0.2, 0) is 16.0 Å². The van der Waals surface area contributed by atoms with E-state index in [-0.39, 0.29) is 35.9 Å². The number of nitrogens with one attached hydrogen (secondary N) is 1. The summed E-state index contributed by atoms with van der Waals surface area (Å²) in [6.45, 7) is 9.32. The van der Waals surface area contributed by atoms with Gasteiger partial charge >= 0.3 is 0 Å². The van der Waals surface area contributed by atoms with E-state index in [9.17, 15) is 4.79 Å². The van der Waals surface area contributed by atoms with Crippen molar-refractivity contribution in [2.24, 2.45) is 4.99 Å². The molecule has 1 atom stereocenters. The van der Waals surface area contributed by atoms with Crippen LogP contribution in [0.1, 0.15) is 25.5 Å². The van der Waals surface area contributed by atoms with Crippen molar-refractivity contribution in [2.75, 3.05) is 66.1 Å². The minimum Gasteiger partial charge on any atom is -0.469 e. The van der Waals surface area contributed by atoms with Gasteiger partial charge in [-0.25, -0.2) is 0 Å². The molecular formula is C21H36IN5O3. The Balaban J connectivity index is 0.00000320. The van der Waals surface area contributed by atoms with Crippen molar-refractivity contribution in [1.29, 1.82) is 0 Å². The number of ether oxygens (including phenoxy) is 1. The molecule has 0 radical (unpaired) electrons. The minimum atomic E-state index is -0.0453. The van der Waals surface area contributed by atoms with Crippen molar-refractivity contribution in [2.45, 2.75) is 32.2 Å². The van der Waals surface area contributed by atoms with E-state index >= 15 is 0 Å². The molecule has 1 N–H and O–H groups in total. The number of furan rings is 1. The highest BCUT2D eigenvalue weighted by Crippen LogP contribution is 2.14. The van der Waals surface area contributed by atoms with Crippen LogP contribution in [0, 0.1) is 0 Å². The number of rotatable bonds is 8. The van der Waals surface area contributed by atoms with E-state index in [0.717, 1.165) is 76.8 Å². The zero-order valence-corrected chi connectivity index (χ0v) is 20.5. The number of halogens is 1. The average Bonchev–Trinajstić information content (AvgIpc) is 3.46. The molecule has 0 bridgehead atoms. The highest BCUT2D eigenvalue weighted by atomic mass is 127. The maximum atomic E-state index is 12.7. The topological polar surface area (TPSA) is 73.5 Å². The van der Waals surface area contributed by atoms with Gasteiger partial charge in [-0.2, -0.15) is 0 Å². The molecular weight excluding hydrogens is 497 g/mol. The van der Waals surface area contributed by atoms with Crippen molar-refractivity contribution in [1.82, 2.24) is 20.0 Å². The van der Waals surface area contributed by atoms with Crippen LogP contribution in [0.3, 0.4) is 0 Å². The number of guanidine groups is 1. The molecule has 0 aliphatic carbocycles. The first-order chi connectivity index (χ1) is 14.2. The smallest absolute Gasteiger partial charge is 0.239 e. The number of piperazine rings is 1. The molecule has 2 saturated heterocycles. The summed E-state index contributed by atoms with van der Waals surface area (Å²) in [7, 11) is 1.69. The summed E-state index contributed by atoms with van der Waals surface area (Å²) in [4.78, 5) is 24.0. The molecule has 2 aliphatic rings. The molecule has 1 aromatic heterocycles. The second kappa shape index (κ2) is 13.2. The van der Waals surface area contributed by atoms with Gasteiger partial charge in [0.2, 0.25) is 5.91 Å². The molecule has 1 unspecified atom stereocenters. The molecule has 8 nitrogen and oxygen atoms in total. The van der Waals surface area contributed by atoms with E-state index in [1.54, 1.807) is 13.4 Å². The van der Waals surface area contributed by atoms with E-state index in [0.29, 0.717) is 13.2 Å². The van der Waals surface area contributed by atoms with Crippen LogP contribution in [0.25, 0.3) is 0 Å². The van der Waals surface area contributed by atoms with E-state index < -0.39 is 0 Å².